The van der Waals surface area contributed by atoms with E-state index in [-0.39, 0.29) is 23.8 Å². The highest BCUT2D eigenvalue weighted by Crippen LogP contribution is 2.34. The van der Waals surface area contributed by atoms with Gasteiger partial charge in [-0.3, -0.25) is 9.78 Å². The number of carbonyl (C=O) groups is 1. The predicted molar refractivity (Wildman–Crippen MR) is 114 cm³/mol. The molecular formula is C24H18N4O2. The molecule has 6 heteroatoms. The van der Waals surface area contributed by atoms with Crippen LogP contribution in [-0.4, -0.2) is 23.0 Å². The van der Waals surface area contributed by atoms with E-state index in [9.17, 15) is 10.1 Å². The molecule has 2 aromatic carbocycles. The van der Waals surface area contributed by atoms with E-state index in [0.29, 0.717) is 16.7 Å². The van der Waals surface area contributed by atoms with Crippen molar-refractivity contribution < 1.29 is 9.53 Å². The van der Waals surface area contributed by atoms with Gasteiger partial charge in [-0.05, 0) is 41.3 Å². The fraction of sp³-hybridized carbons (Fsp3) is 0.0833. The van der Waals surface area contributed by atoms with E-state index in [1.165, 1.54) is 0 Å². The number of aromatic nitrogens is 2. The summed E-state index contributed by atoms with van der Waals surface area (Å²) in [6.45, 7) is 0.265. The van der Waals surface area contributed by atoms with E-state index in [0.717, 1.165) is 16.6 Å². The maximum atomic E-state index is 13.0. The summed E-state index contributed by atoms with van der Waals surface area (Å²) < 4.78 is 5.38. The van der Waals surface area contributed by atoms with Gasteiger partial charge in [-0.25, -0.2) is 4.98 Å². The van der Waals surface area contributed by atoms with Crippen LogP contribution in [0.4, 0.5) is 0 Å². The van der Waals surface area contributed by atoms with E-state index in [4.69, 9.17) is 4.74 Å². The third kappa shape index (κ3) is 3.69. The molecular weight excluding hydrogens is 376 g/mol. The van der Waals surface area contributed by atoms with Crippen LogP contribution in [0.5, 0.6) is 5.75 Å². The molecule has 0 saturated carbocycles. The van der Waals surface area contributed by atoms with Gasteiger partial charge in [-0.1, -0.05) is 36.4 Å². The zero-order valence-corrected chi connectivity index (χ0v) is 16.3. The van der Waals surface area contributed by atoms with Gasteiger partial charge in [0.25, 0.3) is 5.91 Å². The lowest BCUT2D eigenvalue weighted by atomic mass is 9.95. The highest BCUT2D eigenvalue weighted by atomic mass is 16.5. The Morgan fingerprint density at radius 3 is 2.57 bits per heavy atom. The van der Waals surface area contributed by atoms with Crippen LogP contribution in [0.15, 0.2) is 72.9 Å². The molecule has 2 aromatic heterocycles. The van der Waals surface area contributed by atoms with Crippen molar-refractivity contribution in [2.24, 2.45) is 0 Å². The number of nitrogens with one attached hydrogen (secondary N) is 1. The Hall–Kier alpha value is -4.24. The summed E-state index contributed by atoms with van der Waals surface area (Å²) in [4.78, 5) is 21.6. The van der Waals surface area contributed by atoms with Crippen molar-refractivity contribution in [2.75, 3.05) is 7.11 Å². The molecule has 0 saturated heterocycles. The molecule has 6 nitrogen and oxygen atoms in total. The first-order chi connectivity index (χ1) is 14.7. The summed E-state index contributed by atoms with van der Waals surface area (Å²) in [5.41, 5.74) is 2.64. The van der Waals surface area contributed by atoms with Gasteiger partial charge in [0, 0.05) is 17.1 Å². The van der Waals surface area contributed by atoms with Gasteiger partial charge in [0.1, 0.15) is 23.2 Å². The molecule has 1 N–H and O–H groups in total. The monoisotopic (exact) mass is 394 g/mol. The molecule has 0 bridgehead atoms. The minimum Gasteiger partial charge on any atom is -0.497 e. The molecule has 0 atom stereocenters. The van der Waals surface area contributed by atoms with Crippen molar-refractivity contribution in [3.05, 3.63) is 90.0 Å². The predicted octanol–water partition coefficient (Wildman–Crippen LogP) is 4.11. The molecule has 0 aliphatic rings. The number of ether oxygens (including phenoxy) is 1. The Labute approximate surface area is 173 Å². The zero-order valence-electron chi connectivity index (χ0n) is 16.3. The molecule has 0 spiro atoms. The third-order valence-corrected chi connectivity index (χ3v) is 4.75. The number of hydrogen-bond acceptors (Lipinski definition) is 5. The molecule has 0 fully saturated rings. The third-order valence-electron chi connectivity index (χ3n) is 4.75. The summed E-state index contributed by atoms with van der Waals surface area (Å²) in [7, 11) is 1.58. The van der Waals surface area contributed by atoms with Gasteiger partial charge in [-0.2, -0.15) is 5.26 Å². The first kappa shape index (κ1) is 19.1. The summed E-state index contributed by atoms with van der Waals surface area (Å²) in [5, 5.41) is 14.0. The number of rotatable bonds is 5. The van der Waals surface area contributed by atoms with Gasteiger partial charge < -0.3 is 10.1 Å². The smallest absolute Gasteiger partial charge is 0.270 e. The Balaban J connectivity index is 1.85. The molecule has 4 rings (SSSR count). The molecule has 4 aromatic rings. The van der Waals surface area contributed by atoms with E-state index in [1.807, 2.05) is 54.6 Å². The summed E-state index contributed by atoms with van der Waals surface area (Å²) in [6, 6.07) is 22.6. The summed E-state index contributed by atoms with van der Waals surface area (Å²) in [5.74, 6) is 0.265. The normalized spacial score (nSPS) is 10.4. The molecule has 0 unspecified atom stereocenters. The molecule has 30 heavy (non-hydrogen) atoms. The lowest BCUT2D eigenvalue weighted by Crippen LogP contribution is -2.25. The average molecular weight is 394 g/mol. The first-order valence-corrected chi connectivity index (χ1v) is 9.36. The molecule has 0 aliphatic carbocycles. The van der Waals surface area contributed by atoms with Gasteiger partial charge in [0.2, 0.25) is 0 Å². The first-order valence-electron chi connectivity index (χ1n) is 9.36. The maximum absolute atomic E-state index is 13.0. The number of methoxy groups -OCH3 is 1. The number of hydrogen-bond donors (Lipinski definition) is 1. The van der Waals surface area contributed by atoms with Crippen LogP contribution < -0.4 is 10.1 Å². The van der Waals surface area contributed by atoms with E-state index >= 15 is 0 Å². The Morgan fingerprint density at radius 2 is 1.87 bits per heavy atom. The Kier molecular flexibility index (Phi) is 5.35. The van der Waals surface area contributed by atoms with Crippen LogP contribution in [-0.2, 0) is 6.54 Å². The van der Waals surface area contributed by atoms with Crippen molar-refractivity contribution in [2.45, 2.75) is 6.54 Å². The van der Waals surface area contributed by atoms with Crippen LogP contribution in [0.2, 0.25) is 0 Å². The molecule has 2 heterocycles. The largest absolute Gasteiger partial charge is 0.497 e. The topological polar surface area (TPSA) is 87.9 Å². The standard InChI is InChI=1S/C24H18N4O2/c1-30-18-10-11-19-20(13-18)22(16-7-3-2-4-8-16)21(14-25)28-23(19)24(29)27-15-17-9-5-6-12-26-17/h2-13H,15H2,1H3,(H,27,29). The van der Waals surface area contributed by atoms with Crippen LogP contribution >= 0.6 is 0 Å². The highest BCUT2D eigenvalue weighted by molar-refractivity contribution is 6.10. The fourth-order valence-electron chi connectivity index (χ4n) is 3.33. The Bertz CT molecular complexity index is 1250. The number of fused-ring (bicyclic) bond motifs is 1. The number of nitrogens with zero attached hydrogens (tertiary/aromatic N) is 3. The second kappa shape index (κ2) is 8.41. The van der Waals surface area contributed by atoms with Crippen LogP contribution in [0.1, 0.15) is 21.9 Å². The Morgan fingerprint density at radius 1 is 1.07 bits per heavy atom. The molecule has 1 amide bonds. The number of nitriles is 1. The minimum absolute atomic E-state index is 0.185. The lowest BCUT2D eigenvalue weighted by molar-refractivity contribution is 0.0947. The quantitative estimate of drug-likeness (QED) is 0.550. The van der Waals surface area contributed by atoms with Crippen molar-refractivity contribution in [1.29, 1.82) is 5.26 Å². The van der Waals surface area contributed by atoms with Crippen LogP contribution in [0.25, 0.3) is 21.9 Å². The number of carbonyl (C=O) groups excluding carboxylic acids is 1. The summed E-state index contributed by atoms with van der Waals surface area (Å²) >= 11 is 0. The van der Waals surface area contributed by atoms with Gasteiger partial charge in [0.05, 0.1) is 19.3 Å². The van der Waals surface area contributed by atoms with E-state index in [2.05, 4.69) is 21.4 Å². The maximum Gasteiger partial charge on any atom is 0.270 e. The molecule has 146 valence electrons. The number of amides is 1. The SMILES string of the molecule is COc1ccc2c(C(=O)NCc3ccccn3)nc(C#N)c(-c3ccccc3)c2c1. The van der Waals surface area contributed by atoms with Gasteiger partial charge in [-0.15, -0.1) is 0 Å². The minimum atomic E-state index is -0.369. The van der Waals surface area contributed by atoms with E-state index in [1.54, 1.807) is 25.4 Å². The average Bonchev–Trinajstić information content (AvgIpc) is 2.82. The molecule has 0 radical (unpaired) electrons. The summed E-state index contributed by atoms with van der Waals surface area (Å²) in [6.07, 6.45) is 1.67. The second-order valence-electron chi connectivity index (χ2n) is 6.58. The van der Waals surface area contributed by atoms with Gasteiger partial charge >= 0.3 is 0 Å². The van der Waals surface area contributed by atoms with Gasteiger partial charge in [0.15, 0.2) is 0 Å². The van der Waals surface area contributed by atoms with Crippen molar-refractivity contribution >= 4 is 16.7 Å². The van der Waals surface area contributed by atoms with Crippen molar-refractivity contribution in [3.8, 4) is 22.9 Å². The van der Waals surface area contributed by atoms with Crippen LogP contribution in [0, 0.1) is 11.3 Å². The van der Waals surface area contributed by atoms with E-state index < -0.39 is 0 Å². The zero-order chi connectivity index (χ0) is 20.9. The fourth-order valence-corrected chi connectivity index (χ4v) is 3.33. The van der Waals surface area contributed by atoms with Crippen molar-refractivity contribution in [1.82, 2.24) is 15.3 Å². The van der Waals surface area contributed by atoms with Crippen molar-refractivity contribution in [3.63, 3.8) is 0 Å². The molecule has 0 aliphatic heterocycles. The lowest BCUT2D eigenvalue weighted by Gasteiger charge is -2.14. The highest BCUT2D eigenvalue weighted by Gasteiger charge is 2.20. The number of benzene rings is 2. The number of pyridine rings is 2. The van der Waals surface area contributed by atoms with Crippen LogP contribution in [0.3, 0.4) is 0 Å². The second-order valence-corrected chi connectivity index (χ2v) is 6.58.